The van der Waals surface area contributed by atoms with Crippen molar-refractivity contribution in [2.24, 2.45) is 28.6 Å². The van der Waals surface area contributed by atoms with Gasteiger partial charge in [0.2, 0.25) is 0 Å². The van der Waals surface area contributed by atoms with Gasteiger partial charge in [-0.25, -0.2) is 0 Å². The molecule has 3 saturated carbocycles. The van der Waals surface area contributed by atoms with E-state index in [2.05, 4.69) is 56.5 Å². The van der Waals surface area contributed by atoms with Gasteiger partial charge in [-0.3, -0.25) is 9.78 Å². The van der Waals surface area contributed by atoms with Crippen LogP contribution >= 0.6 is 0 Å². The second kappa shape index (κ2) is 11.2. The molecule has 4 fully saturated rings. The van der Waals surface area contributed by atoms with Crippen molar-refractivity contribution in [2.75, 3.05) is 0 Å². The molecular weight excluding hydrogens is 476 g/mol. The van der Waals surface area contributed by atoms with Crippen LogP contribution in [0.15, 0.2) is 24.5 Å². The summed E-state index contributed by atoms with van der Waals surface area (Å²) in [5, 5.41) is 21.1. The Labute approximate surface area is 227 Å². The number of unbranched alkanes of at least 4 members (excludes halogenated alkanes) is 1. The number of Topliss-reactive ketones (excluding diaryl/α,β-unsaturated/α-hetero) is 1. The van der Waals surface area contributed by atoms with Gasteiger partial charge in [0, 0.05) is 41.1 Å². The molecule has 0 radical (unpaired) electrons. The van der Waals surface area contributed by atoms with Crippen LogP contribution in [-0.4, -0.2) is 33.7 Å². The van der Waals surface area contributed by atoms with Crippen LogP contribution in [0.4, 0.5) is 0 Å². The van der Waals surface area contributed by atoms with E-state index >= 15 is 0 Å². The van der Waals surface area contributed by atoms with Crippen LogP contribution in [0, 0.1) is 64.6 Å². The number of hydrogen-bond acceptors (Lipinski definition) is 6. The van der Waals surface area contributed by atoms with Crippen LogP contribution in [-0.2, 0) is 14.3 Å². The number of carbonyl (C=O) groups is 1. The summed E-state index contributed by atoms with van der Waals surface area (Å²) in [6.45, 7) is 6.53. The first-order valence-corrected chi connectivity index (χ1v) is 14.0. The number of terminal acetylenes is 1. The highest BCUT2D eigenvalue weighted by Gasteiger charge is 2.74. The number of hydrogen-bond donors (Lipinski definition) is 1. The van der Waals surface area contributed by atoms with Gasteiger partial charge in [0.1, 0.15) is 0 Å². The molecule has 1 aromatic rings. The van der Waals surface area contributed by atoms with Crippen LogP contribution in [0.2, 0.25) is 0 Å². The molecule has 1 saturated heterocycles. The van der Waals surface area contributed by atoms with E-state index in [0.29, 0.717) is 19.3 Å². The van der Waals surface area contributed by atoms with Gasteiger partial charge in [-0.05, 0) is 63.4 Å². The molecule has 6 heteroatoms. The highest BCUT2D eigenvalue weighted by Crippen LogP contribution is 2.68. The number of aliphatic hydroxyl groups excluding tert-OH is 1. The normalized spacial score (nSPS) is 41.0. The van der Waals surface area contributed by atoms with Gasteiger partial charge < -0.3 is 14.6 Å². The molecular formula is C32H40N2O4. The average Bonchev–Trinajstić information content (AvgIpc) is 3.39. The number of fused-ring (bicyclic) bond motifs is 5. The predicted molar refractivity (Wildman–Crippen MR) is 144 cm³/mol. The van der Waals surface area contributed by atoms with Crippen molar-refractivity contribution < 1.29 is 19.4 Å². The lowest BCUT2D eigenvalue weighted by Crippen LogP contribution is -2.56. The van der Waals surface area contributed by atoms with Gasteiger partial charge in [0.15, 0.2) is 17.7 Å². The van der Waals surface area contributed by atoms with Crippen LogP contribution < -0.4 is 0 Å². The quantitative estimate of drug-likeness (QED) is 0.541. The minimum Gasteiger partial charge on any atom is -0.393 e. The summed E-state index contributed by atoms with van der Waals surface area (Å²) >= 11 is 0. The molecule has 0 amide bonds. The fourth-order valence-corrected chi connectivity index (χ4v) is 8.30. The van der Waals surface area contributed by atoms with Gasteiger partial charge in [0.05, 0.1) is 24.7 Å². The maximum Gasteiger partial charge on any atom is 0.187 e. The zero-order chi connectivity index (χ0) is 27.6. The molecule has 3 aliphatic carbocycles. The van der Waals surface area contributed by atoms with Crippen LogP contribution in [0.3, 0.4) is 0 Å². The van der Waals surface area contributed by atoms with E-state index in [-0.39, 0.29) is 35.4 Å². The monoisotopic (exact) mass is 516 g/mol. The highest BCUT2D eigenvalue weighted by atomic mass is 16.7. The average molecular weight is 517 g/mol. The van der Waals surface area contributed by atoms with E-state index < -0.39 is 29.5 Å². The molecule has 1 aliphatic heterocycles. The molecule has 2 unspecified atom stereocenters. The lowest BCUT2D eigenvalue weighted by Gasteiger charge is -2.50. The first kappa shape index (κ1) is 28.3. The predicted octanol–water partition coefficient (Wildman–Crippen LogP) is 5.37. The van der Waals surface area contributed by atoms with E-state index in [0.717, 1.165) is 37.7 Å². The third-order valence-corrected chi connectivity index (χ3v) is 9.85. The number of aromatic nitrogens is 1. The van der Waals surface area contributed by atoms with Crippen LogP contribution in [0.5, 0.6) is 0 Å². The number of aliphatic hydroxyl groups is 1. The summed E-state index contributed by atoms with van der Waals surface area (Å²) < 4.78 is 13.2. The standard InChI is InChI=1S/C30H38N2O4.C2H2/c1-4-5-6-13-28(2)14-7-10-21-22-18-25-30(24(34)12-16-31,29(22,3)15-11-23(33)26(21)28)36-27(35-25)20-9-8-17-32-19-20;1-2/h8-9,17,19,21-23,25-27,33H,4-5,7,10-12,14-15,18H2,1-3H3;1-2H/t21-,22-,23?,25+,26+,27?,28-,29-,30+;/m0./s1. The summed E-state index contributed by atoms with van der Waals surface area (Å²) in [4.78, 5) is 18.0. The van der Waals surface area contributed by atoms with Crippen molar-refractivity contribution in [3.8, 4) is 30.8 Å². The van der Waals surface area contributed by atoms with Gasteiger partial charge in [0.25, 0.3) is 0 Å². The minimum absolute atomic E-state index is 0.0542. The van der Waals surface area contributed by atoms with E-state index in [1.807, 2.05) is 12.1 Å². The Balaban J connectivity index is 0.00000164. The topological polar surface area (TPSA) is 92.4 Å². The number of nitrogens with zero attached hydrogens (tertiary/aromatic N) is 2. The van der Waals surface area contributed by atoms with Crippen LogP contribution in [0.1, 0.15) is 90.4 Å². The van der Waals surface area contributed by atoms with Crippen molar-refractivity contribution in [2.45, 2.75) is 103 Å². The van der Waals surface area contributed by atoms with E-state index in [4.69, 9.17) is 9.47 Å². The lowest BCUT2D eigenvalue weighted by atomic mass is 9.55. The van der Waals surface area contributed by atoms with E-state index in [1.54, 1.807) is 12.4 Å². The van der Waals surface area contributed by atoms with Gasteiger partial charge in [-0.1, -0.05) is 32.3 Å². The SMILES string of the molecule is C#C.CCCC#C[C@@]1(C)CCC[C@@H]2[C@@H]1C(O)CC[C@@]1(C)[C@H]2C[C@H]2OC(c3cccnc3)O[C@]21C(=O)CC#N. The number of pyridine rings is 1. The third-order valence-electron chi connectivity index (χ3n) is 9.85. The molecule has 0 spiro atoms. The minimum atomic E-state index is -1.20. The van der Waals surface area contributed by atoms with Crippen molar-refractivity contribution in [3.63, 3.8) is 0 Å². The third kappa shape index (κ3) is 4.36. The number of rotatable bonds is 4. The van der Waals surface area contributed by atoms with Crippen molar-refractivity contribution >= 4 is 5.78 Å². The fourth-order valence-electron chi connectivity index (χ4n) is 8.30. The van der Waals surface area contributed by atoms with Gasteiger partial charge in [-0.2, -0.15) is 5.26 Å². The Hall–Kier alpha value is -2.69. The molecule has 0 bridgehead atoms. The summed E-state index contributed by atoms with van der Waals surface area (Å²) in [6.07, 6.45) is 16.5. The second-order valence-corrected chi connectivity index (χ2v) is 11.8. The summed E-state index contributed by atoms with van der Waals surface area (Å²) in [7, 11) is 0. The van der Waals surface area contributed by atoms with E-state index in [9.17, 15) is 15.2 Å². The Morgan fingerprint density at radius 2 is 2.08 bits per heavy atom. The van der Waals surface area contributed by atoms with Crippen molar-refractivity contribution in [1.29, 1.82) is 5.26 Å². The Kier molecular flexibility index (Phi) is 8.34. The molecule has 6 nitrogen and oxygen atoms in total. The number of ether oxygens (including phenoxy) is 2. The molecule has 1 N–H and O–H groups in total. The molecule has 9 atom stereocenters. The first-order chi connectivity index (χ1) is 18.3. The first-order valence-electron chi connectivity index (χ1n) is 14.0. The Morgan fingerprint density at radius 1 is 1.29 bits per heavy atom. The Morgan fingerprint density at radius 3 is 2.76 bits per heavy atom. The molecule has 0 aromatic carbocycles. The maximum absolute atomic E-state index is 13.8. The number of carbonyl (C=O) groups excluding carboxylic acids is 1. The number of ketones is 1. The zero-order valence-corrected chi connectivity index (χ0v) is 22.9. The largest absolute Gasteiger partial charge is 0.393 e. The summed E-state index contributed by atoms with van der Waals surface area (Å²) in [6, 6.07) is 5.81. The lowest BCUT2D eigenvalue weighted by molar-refractivity contribution is -0.174. The smallest absolute Gasteiger partial charge is 0.187 e. The second-order valence-electron chi connectivity index (χ2n) is 11.8. The molecule has 1 aromatic heterocycles. The summed E-state index contributed by atoms with van der Waals surface area (Å²) in [5.74, 6) is 7.21. The van der Waals surface area contributed by atoms with Crippen molar-refractivity contribution in [1.82, 2.24) is 4.98 Å². The molecule has 202 valence electrons. The maximum atomic E-state index is 13.8. The van der Waals surface area contributed by atoms with Gasteiger partial charge >= 0.3 is 0 Å². The molecule has 5 rings (SSSR count). The number of nitriles is 1. The van der Waals surface area contributed by atoms with Gasteiger partial charge in [-0.15, -0.1) is 18.8 Å². The molecule has 2 heterocycles. The van der Waals surface area contributed by atoms with Crippen LogP contribution in [0.25, 0.3) is 0 Å². The molecule has 4 aliphatic rings. The molecule has 38 heavy (non-hydrogen) atoms. The zero-order valence-electron chi connectivity index (χ0n) is 22.9. The van der Waals surface area contributed by atoms with Crippen molar-refractivity contribution in [3.05, 3.63) is 30.1 Å². The Bertz CT molecular complexity index is 1130. The highest BCUT2D eigenvalue weighted by molar-refractivity contribution is 5.91. The summed E-state index contributed by atoms with van der Waals surface area (Å²) in [5.41, 5.74) is -1.22. The van der Waals surface area contributed by atoms with E-state index in [1.165, 1.54) is 0 Å². The fraction of sp³-hybridized carbons (Fsp3) is 0.656.